The summed E-state index contributed by atoms with van der Waals surface area (Å²) in [6.07, 6.45) is 1.79. The van der Waals surface area contributed by atoms with E-state index in [0.717, 1.165) is 25.9 Å². The summed E-state index contributed by atoms with van der Waals surface area (Å²) in [5, 5.41) is 3.26. The number of amides is 2. The molecular weight excluding hydrogens is 228 g/mol. The van der Waals surface area contributed by atoms with Crippen molar-refractivity contribution in [2.24, 2.45) is 23.7 Å². The van der Waals surface area contributed by atoms with Crippen LogP contribution in [0.15, 0.2) is 0 Å². The minimum atomic E-state index is -0.0150. The highest BCUT2D eigenvalue weighted by atomic mass is 16.2. The standard InChI is InChI=1S/C14H24N2O2/c1-4-15-7-10(3)8-16-13(17)11-5-9(2)6-12(11)14(16)18/h9-12,15H,4-8H2,1-3H3. The van der Waals surface area contributed by atoms with Gasteiger partial charge in [-0.15, -0.1) is 0 Å². The number of imide groups is 1. The summed E-state index contributed by atoms with van der Waals surface area (Å²) in [4.78, 5) is 26.0. The molecule has 1 aliphatic carbocycles. The smallest absolute Gasteiger partial charge is 0.233 e. The third-order valence-electron chi connectivity index (χ3n) is 4.20. The van der Waals surface area contributed by atoms with E-state index in [2.05, 4.69) is 26.1 Å². The molecule has 4 heteroatoms. The van der Waals surface area contributed by atoms with Gasteiger partial charge in [0, 0.05) is 6.54 Å². The first-order chi connectivity index (χ1) is 8.54. The number of carbonyl (C=O) groups is 2. The number of nitrogens with zero attached hydrogens (tertiary/aromatic N) is 1. The van der Waals surface area contributed by atoms with Crippen molar-refractivity contribution in [1.29, 1.82) is 0 Å². The number of hydrogen-bond donors (Lipinski definition) is 1. The monoisotopic (exact) mass is 252 g/mol. The van der Waals surface area contributed by atoms with E-state index in [-0.39, 0.29) is 23.7 Å². The maximum Gasteiger partial charge on any atom is 0.233 e. The van der Waals surface area contributed by atoms with Gasteiger partial charge < -0.3 is 5.32 Å². The van der Waals surface area contributed by atoms with Crippen LogP contribution in [0.4, 0.5) is 0 Å². The molecule has 2 amide bonds. The second kappa shape index (κ2) is 5.39. The fourth-order valence-corrected chi connectivity index (χ4v) is 3.29. The number of likely N-dealkylation sites (tertiary alicyclic amines) is 1. The van der Waals surface area contributed by atoms with E-state index >= 15 is 0 Å². The van der Waals surface area contributed by atoms with E-state index in [0.29, 0.717) is 18.4 Å². The second-order valence-corrected chi connectivity index (χ2v) is 5.99. The summed E-state index contributed by atoms with van der Waals surface area (Å²) >= 11 is 0. The molecule has 0 radical (unpaired) electrons. The first kappa shape index (κ1) is 13.5. The Morgan fingerprint density at radius 1 is 1.28 bits per heavy atom. The topological polar surface area (TPSA) is 49.4 Å². The molecule has 4 nitrogen and oxygen atoms in total. The van der Waals surface area contributed by atoms with Crippen molar-refractivity contribution >= 4 is 11.8 Å². The van der Waals surface area contributed by atoms with Crippen LogP contribution in [0, 0.1) is 23.7 Å². The molecule has 0 aromatic rings. The van der Waals surface area contributed by atoms with Crippen LogP contribution in [0.2, 0.25) is 0 Å². The normalized spacial score (nSPS) is 33.1. The minimum Gasteiger partial charge on any atom is -0.317 e. The Balaban J connectivity index is 1.95. The maximum atomic E-state index is 12.2. The average Bonchev–Trinajstić information content (AvgIpc) is 2.81. The zero-order valence-electron chi connectivity index (χ0n) is 11.6. The van der Waals surface area contributed by atoms with Gasteiger partial charge in [-0.3, -0.25) is 14.5 Å². The molecule has 3 unspecified atom stereocenters. The van der Waals surface area contributed by atoms with Crippen LogP contribution in [0.3, 0.4) is 0 Å². The van der Waals surface area contributed by atoms with Crippen molar-refractivity contribution in [2.45, 2.75) is 33.6 Å². The van der Waals surface area contributed by atoms with Gasteiger partial charge in [-0.2, -0.15) is 0 Å². The quantitative estimate of drug-likeness (QED) is 0.750. The van der Waals surface area contributed by atoms with Crippen molar-refractivity contribution in [3.63, 3.8) is 0 Å². The largest absolute Gasteiger partial charge is 0.317 e. The van der Waals surface area contributed by atoms with Gasteiger partial charge in [0.05, 0.1) is 11.8 Å². The first-order valence-electron chi connectivity index (χ1n) is 7.10. The molecule has 2 fully saturated rings. The highest BCUT2D eigenvalue weighted by molar-refractivity contribution is 6.05. The first-order valence-corrected chi connectivity index (χ1v) is 7.10. The zero-order chi connectivity index (χ0) is 13.3. The van der Waals surface area contributed by atoms with Crippen LogP contribution >= 0.6 is 0 Å². The van der Waals surface area contributed by atoms with Crippen molar-refractivity contribution < 1.29 is 9.59 Å². The average molecular weight is 252 g/mol. The summed E-state index contributed by atoms with van der Waals surface area (Å²) in [6, 6.07) is 0. The lowest BCUT2D eigenvalue weighted by Crippen LogP contribution is -2.38. The summed E-state index contributed by atoms with van der Waals surface area (Å²) in [5.41, 5.74) is 0. The van der Waals surface area contributed by atoms with Gasteiger partial charge in [-0.05, 0) is 37.8 Å². The van der Waals surface area contributed by atoms with Gasteiger partial charge in [0.1, 0.15) is 0 Å². The molecule has 2 aliphatic rings. The van der Waals surface area contributed by atoms with Gasteiger partial charge in [0.2, 0.25) is 11.8 Å². The molecule has 102 valence electrons. The van der Waals surface area contributed by atoms with Crippen molar-refractivity contribution in [1.82, 2.24) is 10.2 Å². The predicted octanol–water partition coefficient (Wildman–Crippen LogP) is 1.26. The molecule has 0 aromatic carbocycles. The van der Waals surface area contributed by atoms with E-state index in [1.165, 1.54) is 4.90 Å². The highest BCUT2D eigenvalue weighted by Crippen LogP contribution is 2.42. The number of carbonyl (C=O) groups excluding carboxylic acids is 2. The van der Waals surface area contributed by atoms with Crippen molar-refractivity contribution in [3.05, 3.63) is 0 Å². The fourth-order valence-electron chi connectivity index (χ4n) is 3.29. The van der Waals surface area contributed by atoms with Crippen molar-refractivity contribution in [3.8, 4) is 0 Å². The maximum absolute atomic E-state index is 12.2. The molecule has 1 saturated heterocycles. The Morgan fingerprint density at radius 3 is 2.33 bits per heavy atom. The van der Waals surface area contributed by atoms with Gasteiger partial charge >= 0.3 is 0 Å². The Kier molecular flexibility index (Phi) is 4.05. The van der Waals surface area contributed by atoms with E-state index < -0.39 is 0 Å². The second-order valence-electron chi connectivity index (χ2n) is 5.99. The van der Waals surface area contributed by atoms with Crippen molar-refractivity contribution in [2.75, 3.05) is 19.6 Å². The molecule has 1 N–H and O–H groups in total. The highest BCUT2D eigenvalue weighted by Gasteiger charge is 2.51. The molecule has 0 spiro atoms. The van der Waals surface area contributed by atoms with Gasteiger partial charge in [0.25, 0.3) is 0 Å². The van der Waals surface area contributed by atoms with E-state index in [1.54, 1.807) is 0 Å². The van der Waals surface area contributed by atoms with Crippen LogP contribution in [0.5, 0.6) is 0 Å². The Morgan fingerprint density at radius 2 is 1.83 bits per heavy atom. The number of rotatable bonds is 5. The Hall–Kier alpha value is -0.900. The molecule has 18 heavy (non-hydrogen) atoms. The van der Waals surface area contributed by atoms with E-state index in [9.17, 15) is 9.59 Å². The Labute approximate surface area is 109 Å². The molecule has 0 bridgehead atoms. The van der Waals surface area contributed by atoms with Crippen LogP contribution in [-0.2, 0) is 9.59 Å². The summed E-state index contributed by atoms with van der Waals surface area (Å²) in [5.74, 6) is 0.983. The summed E-state index contributed by atoms with van der Waals surface area (Å²) < 4.78 is 0. The van der Waals surface area contributed by atoms with Crippen LogP contribution < -0.4 is 5.32 Å². The molecule has 3 atom stereocenters. The number of nitrogens with one attached hydrogen (secondary N) is 1. The van der Waals surface area contributed by atoms with Gasteiger partial charge in [0.15, 0.2) is 0 Å². The van der Waals surface area contributed by atoms with Crippen LogP contribution in [0.1, 0.15) is 33.6 Å². The lowest BCUT2D eigenvalue weighted by molar-refractivity contribution is -0.141. The Bertz CT molecular complexity index is 319. The lowest BCUT2D eigenvalue weighted by atomic mass is 10.00. The van der Waals surface area contributed by atoms with Crippen LogP contribution in [-0.4, -0.2) is 36.3 Å². The minimum absolute atomic E-state index is 0.0150. The van der Waals surface area contributed by atoms with E-state index in [4.69, 9.17) is 0 Å². The third-order valence-corrected chi connectivity index (χ3v) is 4.20. The number of fused-ring (bicyclic) bond motifs is 1. The molecule has 1 aliphatic heterocycles. The molecular formula is C14H24N2O2. The van der Waals surface area contributed by atoms with Gasteiger partial charge in [-0.1, -0.05) is 20.8 Å². The zero-order valence-corrected chi connectivity index (χ0v) is 11.6. The SMILES string of the molecule is CCNCC(C)CN1C(=O)C2CC(C)CC2C1=O. The molecule has 2 rings (SSSR count). The van der Waals surface area contributed by atoms with E-state index in [1.807, 2.05) is 0 Å². The third kappa shape index (κ3) is 2.44. The predicted molar refractivity (Wildman–Crippen MR) is 69.8 cm³/mol. The van der Waals surface area contributed by atoms with Crippen LogP contribution in [0.25, 0.3) is 0 Å². The lowest BCUT2D eigenvalue weighted by Gasteiger charge is -2.21. The summed E-state index contributed by atoms with van der Waals surface area (Å²) in [6.45, 7) is 8.64. The number of hydrogen-bond acceptors (Lipinski definition) is 3. The fraction of sp³-hybridized carbons (Fsp3) is 0.857. The molecule has 1 heterocycles. The van der Waals surface area contributed by atoms with Gasteiger partial charge in [-0.25, -0.2) is 0 Å². The molecule has 1 saturated carbocycles. The molecule has 0 aromatic heterocycles. The summed E-state index contributed by atoms with van der Waals surface area (Å²) in [7, 11) is 0.